The van der Waals surface area contributed by atoms with Gasteiger partial charge < -0.3 is 4.74 Å². The van der Waals surface area contributed by atoms with Crippen LogP contribution < -0.4 is 4.74 Å². The number of ether oxygens (including phenoxy) is 1. The van der Waals surface area contributed by atoms with Crippen LogP contribution in [0.15, 0.2) is 58.3 Å². The Hall–Kier alpha value is -1.06. The summed E-state index contributed by atoms with van der Waals surface area (Å²) >= 11 is 3.68. The molecule has 0 aliphatic carbocycles. The Labute approximate surface area is 123 Å². The lowest BCUT2D eigenvalue weighted by Crippen LogP contribution is -1.84. The van der Waals surface area contributed by atoms with Gasteiger partial charge in [-0.2, -0.15) is 0 Å². The van der Waals surface area contributed by atoms with Gasteiger partial charge in [-0.15, -0.1) is 23.5 Å². The fourth-order valence-corrected chi connectivity index (χ4v) is 3.00. The van der Waals surface area contributed by atoms with Gasteiger partial charge in [0, 0.05) is 9.79 Å². The van der Waals surface area contributed by atoms with Crippen LogP contribution in [0.1, 0.15) is 13.8 Å². The summed E-state index contributed by atoms with van der Waals surface area (Å²) in [5.74, 6) is 3.96. The molecule has 0 saturated carbocycles. The molecule has 0 fully saturated rings. The highest BCUT2D eigenvalue weighted by molar-refractivity contribution is 7.99. The summed E-state index contributed by atoms with van der Waals surface area (Å²) < 4.78 is 5.83. The van der Waals surface area contributed by atoms with Crippen LogP contribution in [0.25, 0.3) is 0 Å². The van der Waals surface area contributed by atoms with Gasteiger partial charge in [-0.3, -0.25) is 0 Å². The summed E-state index contributed by atoms with van der Waals surface area (Å²) in [5.41, 5.74) is 0. The normalized spacial score (nSPS) is 10.4. The lowest BCUT2D eigenvalue weighted by atomic mass is 10.3. The fraction of sp³-hybridized carbons (Fsp3) is 0.250. The van der Waals surface area contributed by atoms with E-state index in [2.05, 4.69) is 38.1 Å². The third kappa shape index (κ3) is 4.51. The van der Waals surface area contributed by atoms with Crippen LogP contribution in [0.2, 0.25) is 0 Å². The second kappa shape index (κ2) is 7.51. The van der Waals surface area contributed by atoms with Gasteiger partial charge in [0.15, 0.2) is 0 Å². The Kier molecular flexibility index (Phi) is 5.67. The largest absolute Gasteiger partial charge is 0.457 e. The smallest absolute Gasteiger partial charge is 0.127 e. The molecular formula is C16H18OS2. The van der Waals surface area contributed by atoms with E-state index in [0.29, 0.717) is 0 Å². The van der Waals surface area contributed by atoms with E-state index in [9.17, 15) is 0 Å². The molecule has 2 rings (SSSR count). The van der Waals surface area contributed by atoms with E-state index < -0.39 is 0 Å². The van der Waals surface area contributed by atoms with Crippen molar-refractivity contribution >= 4 is 23.5 Å². The van der Waals surface area contributed by atoms with Crippen molar-refractivity contribution in [2.45, 2.75) is 23.6 Å². The maximum atomic E-state index is 5.83. The first-order valence-corrected chi connectivity index (χ1v) is 8.42. The minimum absolute atomic E-state index is 0.886. The zero-order valence-electron chi connectivity index (χ0n) is 11.3. The molecule has 1 nitrogen and oxygen atoms in total. The van der Waals surface area contributed by atoms with Gasteiger partial charge in [0.1, 0.15) is 11.5 Å². The first-order valence-electron chi connectivity index (χ1n) is 6.45. The van der Waals surface area contributed by atoms with Gasteiger partial charge in [-0.25, -0.2) is 0 Å². The number of hydrogen-bond donors (Lipinski definition) is 0. The molecule has 0 amide bonds. The standard InChI is InChI=1S/C16H18OS2/c1-3-18-15-9-5-13(6-10-15)17-14-7-11-16(12-8-14)19-4-2/h5-12H,3-4H2,1-2H3. The topological polar surface area (TPSA) is 9.23 Å². The van der Waals surface area contributed by atoms with E-state index in [1.807, 2.05) is 47.8 Å². The third-order valence-electron chi connectivity index (χ3n) is 2.51. The summed E-state index contributed by atoms with van der Waals surface area (Å²) in [5, 5.41) is 0. The van der Waals surface area contributed by atoms with Crippen LogP contribution in [0, 0.1) is 0 Å². The summed E-state index contributed by atoms with van der Waals surface area (Å²) in [6, 6.07) is 16.5. The van der Waals surface area contributed by atoms with Gasteiger partial charge in [-0.05, 0) is 60.0 Å². The van der Waals surface area contributed by atoms with Crippen LogP contribution in [-0.4, -0.2) is 11.5 Å². The fourth-order valence-electron chi connectivity index (χ4n) is 1.68. The van der Waals surface area contributed by atoms with Gasteiger partial charge in [-0.1, -0.05) is 13.8 Å². The van der Waals surface area contributed by atoms with Gasteiger partial charge in [0.2, 0.25) is 0 Å². The molecule has 2 aromatic rings. The second-order valence-electron chi connectivity index (χ2n) is 3.91. The quantitative estimate of drug-likeness (QED) is 0.631. The van der Waals surface area contributed by atoms with Crippen molar-refractivity contribution in [3.8, 4) is 11.5 Å². The SMILES string of the molecule is CCSc1ccc(Oc2ccc(SCC)cc2)cc1. The van der Waals surface area contributed by atoms with Crippen molar-refractivity contribution in [2.24, 2.45) is 0 Å². The Bertz CT molecular complexity index is 444. The average molecular weight is 290 g/mol. The minimum atomic E-state index is 0.886. The third-order valence-corrected chi connectivity index (χ3v) is 4.29. The zero-order valence-corrected chi connectivity index (χ0v) is 12.9. The molecule has 2 aromatic carbocycles. The van der Waals surface area contributed by atoms with Crippen molar-refractivity contribution in [1.29, 1.82) is 0 Å². The van der Waals surface area contributed by atoms with Crippen LogP contribution >= 0.6 is 23.5 Å². The average Bonchev–Trinajstić information content (AvgIpc) is 2.44. The Morgan fingerprint density at radius 1 is 0.684 bits per heavy atom. The number of hydrogen-bond acceptors (Lipinski definition) is 3. The molecule has 0 atom stereocenters. The molecule has 0 unspecified atom stereocenters. The van der Waals surface area contributed by atoms with E-state index in [0.717, 1.165) is 23.0 Å². The van der Waals surface area contributed by atoms with Gasteiger partial charge >= 0.3 is 0 Å². The number of benzene rings is 2. The summed E-state index contributed by atoms with van der Waals surface area (Å²) in [6.45, 7) is 4.32. The van der Waals surface area contributed by atoms with Crippen molar-refractivity contribution in [2.75, 3.05) is 11.5 Å². The molecule has 0 spiro atoms. The van der Waals surface area contributed by atoms with E-state index in [1.54, 1.807) is 0 Å². The highest BCUT2D eigenvalue weighted by Crippen LogP contribution is 2.27. The molecule has 0 aliphatic rings. The summed E-state index contributed by atoms with van der Waals surface area (Å²) in [4.78, 5) is 2.56. The molecule has 0 heterocycles. The molecule has 19 heavy (non-hydrogen) atoms. The maximum absolute atomic E-state index is 5.83. The minimum Gasteiger partial charge on any atom is -0.457 e. The maximum Gasteiger partial charge on any atom is 0.127 e. The Morgan fingerprint density at radius 2 is 1.05 bits per heavy atom. The molecular weight excluding hydrogens is 272 g/mol. The lowest BCUT2D eigenvalue weighted by Gasteiger charge is -2.07. The first-order chi connectivity index (χ1) is 9.31. The highest BCUT2D eigenvalue weighted by Gasteiger charge is 1.99. The monoisotopic (exact) mass is 290 g/mol. The molecule has 0 radical (unpaired) electrons. The molecule has 3 heteroatoms. The molecule has 100 valence electrons. The zero-order chi connectivity index (χ0) is 13.5. The Balaban J connectivity index is 1.99. The number of rotatable bonds is 6. The van der Waals surface area contributed by atoms with E-state index in [-0.39, 0.29) is 0 Å². The van der Waals surface area contributed by atoms with Crippen molar-refractivity contribution < 1.29 is 4.74 Å². The van der Waals surface area contributed by atoms with E-state index >= 15 is 0 Å². The van der Waals surface area contributed by atoms with Crippen molar-refractivity contribution in [1.82, 2.24) is 0 Å². The van der Waals surface area contributed by atoms with Crippen molar-refractivity contribution in [3.05, 3.63) is 48.5 Å². The van der Waals surface area contributed by atoms with E-state index in [4.69, 9.17) is 4.74 Å². The summed E-state index contributed by atoms with van der Waals surface area (Å²) in [7, 11) is 0. The predicted octanol–water partition coefficient (Wildman–Crippen LogP) is 5.70. The van der Waals surface area contributed by atoms with Crippen LogP contribution in [0.3, 0.4) is 0 Å². The molecule has 0 bridgehead atoms. The van der Waals surface area contributed by atoms with Crippen LogP contribution in [-0.2, 0) is 0 Å². The molecule has 0 N–H and O–H groups in total. The van der Waals surface area contributed by atoms with Crippen LogP contribution in [0.5, 0.6) is 11.5 Å². The predicted molar refractivity (Wildman–Crippen MR) is 85.8 cm³/mol. The highest BCUT2D eigenvalue weighted by atomic mass is 32.2. The van der Waals surface area contributed by atoms with Gasteiger partial charge in [0.25, 0.3) is 0 Å². The molecule has 0 aromatic heterocycles. The second-order valence-corrected chi connectivity index (χ2v) is 6.59. The van der Waals surface area contributed by atoms with Crippen molar-refractivity contribution in [3.63, 3.8) is 0 Å². The molecule has 0 aliphatic heterocycles. The summed E-state index contributed by atoms with van der Waals surface area (Å²) in [6.07, 6.45) is 0. The molecule has 0 saturated heterocycles. The number of thioether (sulfide) groups is 2. The lowest BCUT2D eigenvalue weighted by molar-refractivity contribution is 0.482. The van der Waals surface area contributed by atoms with Crippen LogP contribution in [0.4, 0.5) is 0 Å². The first kappa shape index (κ1) is 14.4. The Morgan fingerprint density at radius 3 is 1.37 bits per heavy atom. The van der Waals surface area contributed by atoms with E-state index in [1.165, 1.54) is 9.79 Å². The van der Waals surface area contributed by atoms with Gasteiger partial charge in [0.05, 0.1) is 0 Å².